The number of sulfone groups is 1. The molecule has 0 unspecified atom stereocenters. The maximum absolute atomic E-state index is 12.1. The van der Waals surface area contributed by atoms with Crippen molar-refractivity contribution >= 4 is 21.6 Å². The fourth-order valence-electron chi connectivity index (χ4n) is 1.72. The van der Waals surface area contributed by atoms with E-state index < -0.39 is 14.8 Å². The molecule has 0 aliphatic carbocycles. The first-order valence-electron chi connectivity index (χ1n) is 6.24. The normalized spacial score (nSPS) is 11.5. The minimum absolute atomic E-state index is 0.00265. The molecule has 0 heterocycles. The number of benzene rings is 2. The van der Waals surface area contributed by atoms with Crippen LogP contribution >= 0.6 is 0 Å². The highest BCUT2D eigenvalue weighted by Crippen LogP contribution is 2.19. The van der Waals surface area contributed by atoms with Gasteiger partial charge < -0.3 is 4.74 Å². The van der Waals surface area contributed by atoms with Crippen LogP contribution in [0.1, 0.15) is 5.56 Å². The lowest BCUT2D eigenvalue weighted by Crippen LogP contribution is -1.96. The number of nitro benzene ring substituents is 1. The number of hydrogen-bond acceptors (Lipinski definition) is 5. The van der Waals surface area contributed by atoms with Crippen LogP contribution in [0.15, 0.2) is 58.8 Å². The molecule has 2 aromatic rings. The highest BCUT2D eigenvalue weighted by atomic mass is 32.2. The highest BCUT2D eigenvalue weighted by molar-refractivity contribution is 7.94. The molecule has 114 valence electrons. The monoisotopic (exact) mass is 319 g/mol. The molecule has 0 bridgehead atoms. The van der Waals surface area contributed by atoms with Gasteiger partial charge in [0.05, 0.1) is 16.9 Å². The predicted octanol–water partition coefficient (Wildman–Crippen LogP) is 3.05. The van der Waals surface area contributed by atoms with Gasteiger partial charge in [-0.1, -0.05) is 12.1 Å². The van der Waals surface area contributed by atoms with Crippen LogP contribution in [-0.4, -0.2) is 20.5 Å². The molecule has 2 rings (SSSR count). The molecule has 0 saturated heterocycles. The van der Waals surface area contributed by atoms with Crippen molar-refractivity contribution in [3.63, 3.8) is 0 Å². The Morgan fingerprint density at radius 3 is 2.14 bits per heavy atom. The standard InChI is InChI=1S/C15H13NO5S/c1-21-14-6-2-12(3-7-14)10-11-22(19,20)15-8-4-13(5-9-15)16(17)18/h2-11H,1H3/b11-10+. The maximum atomic E-state index is 12.1. The fraction of sp³-hybridized carbons (Fsp3) is 0.0667. The van der Waals surface area contributed by atoms with E-state index in [9.17, 15) is 18.5 Å². The topological polar surface area (TPSA) is 86.5 Å². The number of hydrogen-bond donors (Lipinski definition) is 0. The van der Waals surface area contributed by atoms with E-state index in [1.807, 2.05) is 0 Å². The van der Waals surface area contributed by atoms with Gasteiger partial charge in [0, 0.05) is 17.5 Å². The van der Waals surface area contributed by atoms with E-state index in [1.54, 1.807) is 31.4 Å². The lowest BCUT2D eigenvalue weighted by molar-refractivity contribution is -0.384. The van der Waals surface area contributed by atoms with Crippen molar-refractivity contribution in [2.75, 3.05) is 7.11 Å². The molecular formula is C15H13NO5S. The van der Waals surface area contributed by atoms with Gasteiger partial charge in [0.25, 0.3) is 5.69 Å². The zero-order chi connectivity index (χ0) is 16.2. The van der Waals surface area contributed by atoms with E-state index >= 15 is 0 Å². The summed E-state index contributed by atoms with van der Waals surface area (Å²) in [5.74, 6) is 0.676. The lowest BCUT2D eigenvalue weighted by atomic mass is 10.2. The Morgan fingerprint density at radius 1 is 1.05 bits per heavy atom. The molecule has 0 aliphatic rings. The number of rotatable bonds is 5. The summed E-state index contributed by atoms with van der Waals surface area (Å²) in [7, 11) is -2.11. The molecule has 2 aromatic carbocycles. The molecule has 0 N–H and O–H groups in total. The van der Waals surface area contributed by atoms with Crippen LogP contribution in [0.4, 0.5) is 5.69 Å². The minimum atomic E-state index is -3.65. The quantitative estimate of drug-likeness (QED) is 0.624. The number of nitro groups is 1. The van der Waals surface area contributed by atoms with Gasteiger partial charge in [0.15, 0.2) is 9.84 Å². The van der Waals surface area contributed by atoms with Gasteiger partial charge in [0.2, 0.25) is 0 Å². The second kappa shape index (κ2) is 6.40. The van der Waals surface area contributed by atoms with Gasteiger partial charge in [0.1, 0.15) is 5.75 Å². The molecule has 22 heavy (non-hydrogen) atoms. The van der Waals surface area contributed by atoms with E-state index in [1.165, 1.54) is 18.2 Å². The van der Waals surface area contributed by atoms with E-state index in [2.05, 4.69) is 0 Å². The van der Waals surface area contributed by atoms with Crippen LogP contribution in [0.25, 0.3) is 6.08 Å². The van der Waals surface area contributed by atoms with Gasteiger partial charge >= 0.3 is 0 Å². The Kier molecular flexibility index (Phi) is 4.57. The van der Waals surface area contributed by atoms with E-state index in [4.69, 9.17) is 4.74 Å². The van der Waals surface area contributed by atoms with Crippen molar-refractivity contribution in [3.05, 3.63) is 69.6 Å². The second-order valence-electron chi connectivity index (χ2n) is 4.37. The van der Waals surface area contributed by atoms with Crippen LogP contribution in [0.2, 0.25) is 0 Å². The summed E-state index contributed by atoms with van der Waals surface area (Å²) < 4.78 is 29.3. The third kappa shape index (κ3) is 3.70. The van der Waals surface area contributed by atoms with Crippen molar-refractivity contribution < 1.29 is 18.1 Å². The number of non-ortho nitro benzene ring substituents is 1. The number of nitrogens with zero attached hydrogens (tertiary/aromatic N) is 1. The van der Waals surface area contributed by atoms with Crippen LogP contribution in [0.3, 0.4) is 0 Å². The van der Waals surface area contributed by atoms with Gasteiger partial charge in [-0.05, 0) is 35.9 Å². The summed E-state index contributed by atoms with van der Waals surface area (Å²) in [6, 6.07) is 11.6. The molecule has 0 saturated carbocycles. The van der Waals surface area contributed by atoms with Crippen LogP contribution in [-0.2, 0) is 9.84 Å². The third-order valence-corrected chi connectivity index (χ3v) is 4.36. The molecule has 0 aromatic heterocycles. The van der Waals surface area contributed by atoms with Gasteiger partial charge in [-0.15, -0.1) is 0 Å². The zero-order valence-corrected chi connectivity index (χ0v) is 12.5. The second-order valence-corrected chi connectivity index (χ2v) is 6.21. The van der Waals surface area contributed by atoms with E-state index in [0.717, 1.165) is 17.5 Å². The number of ether oxygens (including phenoxy) is 1. The lowest BCUT2D eigenvalue weighted by Gasteiger charge is -2.00. The van der Waals surface area contributed by atoms with Gasteiger partial charge in [-0.3, -0.25) is 10.1 Å². The van der Waals surface area contributed by atoms with Gasteiger partial charge in [-0.25, -0.2) is 8.42 Å². The highest BCUT2D eigenvalue weighted by Gasteiger charge is 2.12. The summed E-state index contributed by atoms with van der Waals surface area (Å²) in [4.78, 5) is 9.98. The summed E-state index contributed by atoms with van der Waals surface area (Å²) in [5.41, 5.74) is 0.546. The van der Waals surface area contributed by atoms with Gasteiger partial charge in [-0.2, -0.15) is 0 Å². The summed E-state index contributed by atoms with van der Waals surface area (Å²) >= 11 is 0. The van der Waals surface area contributed by atoms with Crippen molar-refractivity contribution in [1.29, 1.82) is 0 Å². The van der Waals surface area contributed by atoms with E-state index in [-0.39, 0.29) is 10.6 Å². The zero-order valence-electron chi connectivity index (χ0n) is 11.7. The molecule has 0 fully saturated rings. The molecule has 0 amide bonds. The van der Waals surface area contributed by atoms with Crippen LogP contribution in [0.5, 0.6) is 5.75 Å². The molecule has 7 heteroatoms. The fourth-order valence-corrected chi connectivity index (χ4v) is 2.73. The van der Waals surface area contributed by atoms with Crippen molar-refractivity contribution in [2.45, 2.75) is 4.90 Å². The average Bonchev–Trinajstić information content (AvgIpc) is 2.53. The molecule has 6 nitrogen and oxygen atoms in total. The Bertz CT molecular complexity index is 793. The molecule has 0 spiro atoms. The molecule has 0 atom stereocenters. The Balaban J connectivity index is 2.22. The smallest absolute Gasteiger partial charge is 0.269 e. The summed E-state index contributed by atoms with van der Waals surface area (Å²) in [5, 5.41) is 11.6. The first kappa shape index (κ1) is 15.7. The molecule has 0 aliphatic heterocycles. The molecule has 0 radical (unpaired) electrons. The van der Waals surface area contributed by atoms with Crippen molar-refractivity contribution in [2.24, 2.45) is 0 Å². The Morgan fingerprint density at radius 2 is 1.64 bits per heavy atom. The average molecular weight is 319 g/mol. The Hall–Kier alpha value is -2.67. The predicted molar refractivity (Wildman–Crippen MR) is 82.3 cm³/mol. The van der Waals surface area contributed by atoms with Crippen LogP contribution < -0.4 is 4.74 Å². The summed E-state index contributed by atoms with van der Waals surface area (Å²) in [6.45, 7) is 0. The third-order valence-electron chi connectivity index (χ3n) is 2.93. The van der Waals surface area contributed by atoms with E-state index in [0.29, 0.717) is 11.3 Å². The first-order chi connectivity index (χ1) is 10.4. The molecular weight excluding hydrogens is 306 g/mol. The largest absolute Gasteiger partial charge is 0.497 e. The van der Waals surface area contributed by atoms with Crippen LogP contribution in [0, 0.1) is 10.1 Å². The first-order valence-corrected chi connectivity index (χ1v) is 7.79. The number of methoxy groups -OCH3 is 1. The Labute approximate surface area is 127 Å². The van der Waals surface area contributed by atoms with Crippen molar-refractivity contribution in [1.82, 2.24) is 0 Å². The minimum Gasteiger partial charge on any atom is -0.497 e. The maximum Gasteiger partial charge on any atom is 0.269 e. The van der Waals surface area contributed by atoms with Crippen molar-refractivity contribution in [3.8, 4) is 5.75 Å². The summed E-state index contributed by atoms with van der Waals surface area (Å²) in [6.07, 6.45) is 1.45. The SMILES string of the molecule is COc1ccc(/C=C/S(=O)(=O)c2ccc([N+](=O)[O-])cc2)cc1.